The van der Waals surface area contributed by atoms with Gasteiger partial charge in [0.15, 0.2) is 20.0 Å². The monoisotopic (exact) mass is 996 g/mol. The Kier molecular flexibility index (Phi) is 10.2. The molecule has 17 rings (SSSR count). The number of aryl methyl sites for hydroxylation is 6. The Morgan fingerprint density at radius 1 is 0.392 bits per heavy atom. The number of hydrogen-bond acceptors (Lipinski definition) is 9. The van der Waals surface area contributed by atoms with Gasteiger partial charge < -0.3 is 14.7 Å². The molecule has 0 N–H and O–H groups in total. The molecule has 0 spiro atoms. The van der Waals surface area contributed by atoms with Crippen LogP contribution >= 0.6 is 0 Å². The molecule has 0 amide bonds. The van der Waals surface area contributed by atoms with Crippen LogP contribution < -0.4 is 58.1 Å². The second-order valence-electron chi connectivity index (χ2n) is 21.5. The Hall–Kier alpha value is -7.68. The van der Waals surface area contributed by atoms with Gasteiger partial charge in [0.25, 0.3) is 0 Å². The maximum Gasteiger partial charge on any atom is 0.323 e. The van der Waals surface area contributed by atoms with Crippen molar-refractivity contribution in [1.82, 2.24) is 0 Å². The lowest BCUT2D eigenvalue weighted by molar-refractivity contribution is -0.866. The van der Waals surface area contributed by atoms with Gasteiger partial charge in [0.2, 0.25) is 34.3 Å². The van der Waals surface area contributed by atoms with E-state index in [1.807, 2.05) is 18.6 Å². The first kappa shape index (κ1) is 43.9. The highest BCUT2D eigenvalue weighted by Crippen LogP contribution is 2.51. The summed E-state index contributed by atoms with van der Waals surface area (Å²) >= 11 is 0. The van der Waals surface area contributed by atoms with Crippen LogP contribution in [-0.4, -0.2) is 39.6 Å². The number of fused-ring (bicyclic) bond motifs is 5. The minimum atomic E-state index is -0.311. The minimum Gasteiger partial charge on any atom is -0.332 e. The summed E-state index contributed by atoms with van der Waals surface area (Å²) in [7, 11) is 0. The SMILES string of the molecule is Fc1cc2c3c(c1)N1CCCc4ccc5c(c4)CCCN4CN6c7c(cc(F)cc74)O[n+]4ccc(cc46)CCCC(CCc4cc[n+](c(c4)N3C1)O2)CCc1cc[n+]2c(c1)N1CN(CCC5)c3cc(F)cc(c31)O2. The summed E-state index contributed by atoms with van der Waals surface area (Å²) in [4.78, 5) is 33.0. The third kappa shape index (κ3) is 7.43. The van der Waals surface area contributed by atoms with Crippen molar-refractivity contribution in [2.45, 2.75) is 83.5 Å². The quantitative estimate of drug-likeness (QED) is 0.138. The molecule has 16 bridgehead atoms. The first-order valence-electron chi connectivity index (χ1n) is 26.7. The topological polar surface area (TPSA) is 58.8 Å². The summed E-state index contributed by atoms with van der Waals surface area (Å²) in [5.41, 5.74) is 13.0. The summed E-state index contributed by atoms with van der Waals surface area (Å²) in [6, 6.07) is 29.7. The summed E-state index contributed by atoms with van der Waals surface area (Å²) in [6.45, 7) is 4.06. The fraction of sp³-hybridized carbons (Fsp3) is 0.339. The normalized spacial score (nSPS) is 19.1. The van der Waals surface area contributed by atoms with Crippen molar-refractivity contribution in [3.05, 3.63) is 160 Å². The van der Waals surface area contributed by atoms with Gasteiger partial charge >= 0.3 is 17.5 Å². The average molecular weight is 997 g/mol. The predicted molar refractivity (Wildman–Crippen MR) is 275 cm³/mol. The zero-order valence-corrected chi connectivity index (χ0v) is 41.3. The number of anilines is 9. The van der Waals surface area contributed by atoms with Crippen LogP contribution in [0.25, 0.3) is 0 Å². The molecule has 0 fully saturated rings. The highest BCUT2D eigenvalue weighted by molar-refractivity contribution is 5.88. The lowest BCUT2D eigenvalue weighted by Gasteiger charge is -2.22. The van der Waals surface area contributed by atoms with E-state index in [0.29, 0.717) is 43.2 Å². The molecule has 4 aromatic carbocycles. The minimum absolute atomic E-state index is 0.308. The van der Waals surface area contributed by atoms with Crippen LogP contribution in [0.2, 0.25) is 0 Å². The fourth-order valence-electron chi connectivity index (χ4n) is 13.1. The Morgan fingerprint density at radius 2 is 0.797 bits per heavy atom. The standard InChI is InChI=1S/C59H57F3N9O3/c60-45-29-48-57-51(32-45)73-70-23-17-41-12-10-38-5-1-6-40-16-22-69-54(26-40)66-37-65(50-31-47(62)33-52(72-69)58(50)66)21-4-9-44-25-39(7-2-19-63(48)35-67(57)55(70)27-41)14-15-43(44)8-3-20-64-36-68-56-28-42(13-11-38)18-24-71(56)74-53-34-46(61)30-49(64)59(53)68/h14-18,22-34,38H,1-13,19-21,35-37H2/q+3. The van der Waals surface area contributed by atoms with Crippen LogP contribution in [0.1, 0.15) is 78.3 Å². The Morgan fingerprint density at radius 3 is 1.27 bits per heavy atom. The fourth-order valence-corrected chi connectivity index (χ4v) is 13.1. The van der Waals surface area contributed by atoms with Crippen molar-refractivity contribution in [3.8, 4) is 17.2 Å². The Bertz CT molecular complexity index is 3460. The number of rotatable bonds is 0. The molecule has 10 aliphatic rings. The molecule has 7 aromatic rings. The van der Waals surface area contributed by atoms with Crippen LogP contribution in [-0.2, 0) is 38.5 Å². The van der Waals surface area contributed by atoms with E-state index in [-0.39, 0.29) is 17.5 Å². The van der Waals surface area contributed by atoms with Crippen molar-refractivity contribution in [2.24, 2.45) is 5.92 Å². The van der Waals surface area contributed by atoms with Crippen LogP contribution in [0, 0.1) is 23.4 Å². The zero-order valence-electron chi connectivity index (χ0n) is 41.3. The van der Waals surface area contributed by atoms with E-state index >= 15 is 13.2 Å². The van der Waals surface area contributed by atoms with Crippen molar-refractivity contribution < 1.29 is 41.9 Å². The van der Waals surface area contributed by atoms with Crippen LogP contribution in [0.15, 0.2) is 110 Å². The number of pyridine rings is 3. The van der Waals surface area contributed by atoms with Crippen LogP contribution in [0.4, 0.5) is 64.7 Å². The molecule has 0 saturated heterocycles. The van der Waals surface area contributed by atoms with Crippen molar-refractivity contribution >= 4 is 51.6 Å². The first-order valence-corrected chi connectivity index (χ1v) is 26.7. The maximum absolute atomic E-state index is 15.4. The Labute approximate surface area is 428 Å². The molecule has 13 heterocycles. The van der Waals surface area contributed by atoms with Gasteiger partial charge in [-0.15, -0.1) is 0 Å². The highest BCUT2D eigenvalue weighted by Gasteiger charge is 2.46. The van der Waals surface area contributed by atoms with E-state index < -0.39 is 0 Å². The number of halogens is 3. The number of nitrogens with zero attached hydrogens (tertiary/aromatic N) is 9. The molecule has 3 aromatic heterocycles. The van der Waals surface area contributed by atoms with E-state index in [1.165, 1.54) is 51.6 Å². The number of hydrogen-bond donors (Lipinski definition) is 0. The summed E-state index contributed by atoms with van der Waals surface area (Å²) in [5.74, 6) is 3.94. The predicted octanol–water partition coefficient (Wildman–Crippen LogP) is 9.91. The van der Waals surface area contributed by atoms with Crippen LogP contribution in [0.3, 0.4) is 0 Å². The average Bonchev–Trinajstić information content (AvgIpc) is 4.08. The van der Waals surface area contributed by atoms with E-state index in [1.54, 1.807) is 32.4 Å². The van der Waals surface area contributed by atoms with Gasteiger partial charge in [0.05, 0.1) is 17.1 Å². The molecule has 0 radical (unpaired) electrons. The molecule has 10 aliphatic heterocycles. The van der Waals surface area contributed by atoms with Gasteiger partial charge in [-0.2, -0.15) is 0 Å². The molecule has 0 aliphatic carbocycles. The first-order chi connectivity index (χ1) is 36.3. The zero-order chi connectivity index (χ0) is 49.2. The maximum atomic E-state index is 15.4. The van der Waals surface area contributed by atoms with Gasteiger partial charge in [0, 0.05) is 74.2 Å². The Balaban J connectivity index is 0.826. The second-order valence-corrected chi connectivity index (χ2v) is 21.5. The summed E-state index contributed by atoms with van der Waals surface area (Å²) < 4.78 is 51.6. The highest BCUT2D eigenvalue weighted by atomic mass is 19.1. The van der Waals surface area contributed by atoms with E-state index in [9.17, 15) is 0 Å². The van der Waals surface area contributed by atoms with Crippen molar-refractivity contribution in [2.75, 3.05) is 69.0 Å². The lowest BCUT2D eigenvalue weighted by atomic mass is 9.88. The molecular weight excluding hydrogens is 940 g/mol. The molecule has 12 nitrogen and oxygen atoms in total. The lowest BCUT2D eigenvalue weighted by Crippen LogP contribution is -2.48. The molecule has 1 unspecified atom stereocenters. The van der Waals surface area contributed by atoms with Crippen molar-refractivity contribution in [3.63, 3.8) is 0 Å². The van der Waals surface area contributed by atoms with E-state index in [2.05, 4.69) is 84.0 Å². The smallest absolute Gasteiger partial charge is 0.323 e. The molecule has 74 heavy (non-hydrogen) atoms. The molecule has 374 valence electrons. The summed E-state index contributed by atoms with van der Waals surface area (Å²) in [6.07, 6.45) is 17.9. The molecule has 0 saturated carbocycles. The molecular formula is C59H57F3N9O3+3. The van der Waals surface area contributed by atoms with Gasteiger partial charge in [-0.1, -0.05) is 24.6 Å². The van der Waals surface area contributed by atoms with Gasteiger partial charge in [-0.3, -0.25) is 14.5 Å². The largest absolute Gasteiger partial charge is 0.332 e. The van der Waals surface area contributed by atoms with Gasteiger partial charge in [0.1, 0.15) is 36.0 Å². The number of aromatic nitrogens is 3. The molecule has 1 atom stereocenters. The third-order valence-corrected chi connectivity index (χ3v) is 16.8. The van der Waals surface area contributed by atoms with E-state index in [4.69, 9.17) is 14.5 Å². The molecule has 15 heteroatoms. The summed E-state index contributed by atoms with van der Waals surface area (Å²) in [5, 5.41) is 0. The van der Waals surface area contributed by atoms with E-state index in [0.717, 1.165) is 155 Å². The number of benzene rings is 4. The van der Waals surface area contributed by atoms with Crippen LogP contribution in [0.5, 0.6) is 17.2 Å². The van der Waals surface area contributed by atoms with Gasteiger partial charge in [-0.25, -0.2) is 27.9 Å². The second kappa shape index (κ2) is 17.2. The van der Waals surface area contributed by atoms with Gasteiger partial charge in [-0.05, 0) is 149 Å². The third-order valence-electron chi connectivity index (χ3n) is 16.8. The van der Waals surface area contributed by atoms with Crippen molar-refractivity contribution in [1.29, 1.82) is 0 Å².